The van der Waals surface area contributed by atoms with Crippen LogP contribution in [0.3, 0.4) is 0 Å². The molecule has 0 bridgehead atoms. The first-order valence-corrected chi connectivity index (χ1v) is 10.7. The highest BCUT2D eigenvalue weighted by atomic mass is 127. The molecule has 0 saturated carbocycles. The Bertz CT molecular complexity index is 1160. The van der Waals surface area contributed by atoms with Crippen molar-refractivity contribution in [1.82, 2.24) is 30.3 Å². The first kappa shape index (κ1) is 19.0. The number of aryl methyl sites for hydroxylation is 1. The van der Waals surface area contributed by atoms with Crippen LogP contribution in [0.4, 0.5) is 17.6 Å². The van der Waals surface area contributed by atoms with Crippen LogP contribution >= 0.6 is 22.6 Å². The molecule has 9 nitrogen and oxygen atoms in total. The van der Waals surface area contributed by atoms with Gasteiger partial charge < -0.3 is 14.7 Å². The lowest BCUT2D eigenvalue weighted by Gasteiger charge is -2.23. The molecule has 1 fully saturated rings. The maximum atomic E-state index is 5.69. The third-order valence-corrected chi connectivity index (χ3v) is 5.49. The number of nitrogens with zero attached hydrogens (tertiary/aromatic N) is 6. The third-order valence-electron chi connectivity index (χ3n) is 4.94. The van der Waals surface area contributed by atoms with E-state index in [0.717, 1.165) is 51.7 Å². The molecule has 0 radical (unpaired) electrons. The van der Waals surface area contributed by atoms with E-state index in [9.17, 15) is 0 Å². The van der Waals surface area contributed by atoms with E-state index in [1.807, 2.05) is 43.3 Å². The summed E-state index contributed by atoms with van der Waals surface area (Å²) in [6.07, 6.45) is 3.73. The summed E-state index contributed by atoms with van der Waals surface area (Å²) >= 11 is 2.21. The fourth-order valence-electron chi connectivity index (χ4n) is 3.59. The average molecular weight is 514 g/mol. The van der Waals surface area contributed by atoms with Crippen LogP contribution in [0.2, 0.25) is 0 Å². The smallest absolute Gasteiger partial charge is 0.228 e. The van der Waals surface area contributed by atoms with Crippen molar-refractivity contribution in [2.24, 2.45) is 0 Å². The molecular formula is C20H19IN8O. The topological polar surface area (TPSA) is 109 Å². The Morgan fingerprint density at radius 3 is 2.90 bits per heavy atom. The molecule has 152 valence electrons. The molecule has 2 N–H and O–H groups in total. The van der Waals surface area contributed by atoms with E-state index in [0.29, 0.717) is 11.8 Å². The maximum Gasteiger partial charge on any atom is 0.228 e. The fourth-order valence-corrected chi connectivity index (χ4v) is 4.11. The quantitative estimate of drug-likeness (QED) is 0.301. The first-order chi connectivity index (χ1) is 14.7. The summed E-state index contributed by atoms with van der Waals surface area (Å²) < 4.78 is 6.55. The van der Waals surface area contributed by atoms with Gasteiger partial charge in [0.1, 0.15) is 15.2 Å². The number of pyridine rings is 1. The zero-order valence-corrected chi connectivity index (χ0v) is 18.4. The molecule has 1 saturated heterocycles. The van der Waals surface area contributed by atoms with Gasteiger partial charge in [0.15, 0.2) is 11.6 Å². The van der Waals surface area contributed by atoms with Crippen molar-refractivity contribution < 1.29 is 4.52 Å². The Hall–Kier alpha value is -3.02. The van der Waals surface area contributed by atoms with Crippen LogP contribution in [-0.4, -0.2) is 36.9 Å². The lowest BCUT2D eigenvalue weighted by molar-refractivity contribution is 0.362. The lowest BCUT2D eigenvalue weighted by atomic mass is 10.1. The summed E-state index contributed by atoms with van der Waals surface area (Å²) in [7, 11) is 0. The molecule has 0 aliphatic carbocycles. The van der Waals surface area contributed by atoms with E-state index in [1.165, 1.54) is 0 Å². The number of rotatable bonds is 5. The van der Waals surface area contributed by atoms with E-state index in [-0.39, 0.29) is 6.04 Å². The van der Waals surface area contributed by atoms with Gasteiger partial charge in [-0.2, -0.15) is 10.1 Å². The van der Waals surface area contributed by atoms with Crippen LogP contribution in [0.15, 0.2) is 47.1 Å². The van der Waals surface area contributed by atoms with Gasteiger partial charge in [0.05, 0.1) is 11.7 Å². The maximum absolute atomic E-state index is 5.69. The number of aromatic nitrogens is 6. The monoisotopic (exact) mass is 514 g/mol. The van der Waals surface area contributed by atoms with E-state index in [4.69, 9.17) is 9.51 Å². The number of hydrogen-bond donors (Lipinski definition) is 2. The number of hydrogen-bond acceptors (Lipinski definition) is 8. The Balaban J connectivity index is 1.42. The molecule has 0 spiro atoms. The highest BCUT2D eigenvalue weighted by Crippen LogP contribution is 2.36. The lowest BCUT2D eigenvalue weighted by Crippen LogP contribution is -2.25. The average Bonchev–Trinajstić information content (AvgIpc) is 3.48. The Morgan fingerprint density at radius 2 is 2.10 bits per heavy atom. The predicted octanol–water partition coefficient (Wildman–Crippen LogP) is 4.25. The summed E-state index contributed by atoms with van der Waals surface area (Å²) in [6.45, 7) is 2.81. The molecule has 0 unspecified atom stereocenters. The van der Waals surface area contributed by atoms with Gasteiger partial charge in [0.25, 0.3) is 0 Å². The van der Waals surface area contributed by atoms with Crippen molar-refractivity contribution in [1.29, 1.82) is 0 Å². The number of nitrogens with one attached hydrogen (secondary N) is 2. The van der Waals surface area contributed by atoms with Crippen LogP contribution in [0.1, 0.15) is 30.3 Å². The van der Waals surface area contributed by atoms with Crippen LogP contribution in [0.5, 0.6) is 0 Å². The summed E-state index contributed by atoms with van der Waals surface area (Å²) in [6, 6.07) is 11.6. The standard InChI is InChI=1S/C20H19IN8O/c1-12-9-19(27-26-12)24-18-11-17(21)23-20(25-18)29-8-4-6-15(29)16-10-14(28-30-16)13-5-2-3-7-22-13/h2-3,5,7,9-11,15H,4,6,8H2,1H3,(H2,23,24,25,26,27)/t15-/m0/s1. The number of H-pyrrole nitrogens is 1. The summed E-state index contributed by atoms with van der Waals surface area (Å²) in [5, 5.41) is 14.6. The second-order valence-corrected chi connectivity index (χ2v) is 8.22. The summed E-state index contributed by atoms with van der Waals surface area (Å²) in [4.78, 5) is 15.9. The minimum absolute atomic E-state index is 0.0358. The zero-order valence-electron chi connectivity index (χ0n) is 16.2. The molecule has 4 aromatic heterocycles. The number of aromatic amines is 1. The Morgan fingerprint density at radius 1 is 1.17 bits per heavy atom. The third kappa shape index (κ3) is 3.86. The van der Waals surface area contributed by atoms with Gasteiger partial charge >= 0.3 is 0 Å². The van der Waals surface area contributed by atoms with Gasteiger partial charge in [0, 0.05) is 36.6 Å². The van der Waals surface area contributed by atoms with Crippen molar-refractivity contribution in [3.05, 3.63) is 57.7 Å². The highest BCUT2D eigenvalue weighted by Gasteiger charge is 2.32. The van der Waals surface area contributed by atoms with Gasteiger partial charge in [-0.05, 0) is 54.5 Å². The molecule has 5 rings (SSSR count). The minimum atomic E-state index is 0.0358. The van der Waals surface area contributed by atoms with E-state index < -0.39 is 0 Å². The van der Waals surface area contributed by atoms with E-state index in [2.05, 4.69) is 58.1 Å². The van der Waals surface area contributed by atoms with Crippen LogP contribution in [0, 0.1) is 10.6 Å². The summed E-state index contributed by atoms with van der Waals surface area (Å²) in [5.74, 6) is 2.89. The van der Waals surface area contributed by atoms with E-state index in [1.54, 1.807) is 6.20 Å². The zero-order chi connectivity index (χ0) is 20.5. The van der Waals surface area contributed by atoms with Crippen LogP contribution in [0.25, 0.3) is 11.4 Å². The SMILES string of the molecule is Cc1cc(Nc2cc(I)nc(N3CCC[C@H]3c3cc(-c4ccccn4)no3)n2)n[nH]1. The number of halogens is 1. The van der Waals surface area contributed by atoms with Crippen molar-refractivity contribution >= 4 is 40.2 Å². The minimum Gasteiger partial charge on any atom is -0.358 e. The largest absolute Gasteiger partial charge is 0.358 e. The van der Waals surface area contributed by atoms with Crippen LogP contribution < -0.4 is 10.2 Å². The molecule has 0 aromatic carbocycles. The first-order valence-electron chi connectivity index (χ1n) is 9.64. The van der Waals surface area contributed by atoms with E-state index >= 15 is 0 Å². The van der Waals surface area contributed by atoms with Crippen LogP contribution in [-0.2, 0) is 0 Å². The predicted molar refractivity (Wildman–Crippen MR) is 120 cm³/mol. The normalized spacial score (nSPS) is 16.2. The van der Waals surface area contributed by atoms with Gasteiger partial charge in [0.2, 0.25) is 5.95 Å². The Kier molecular flexibility index (Phi) is 5.07. The van der Waals surface area contributed by atoms with Gasteiger partial charge in [-0.25, -0.2) is 4.98 Å². The molecule has 1 aliphatic heterocycles. The molecule has 5 heterocycles. The summed E-state index contributed by atoms with van der Waals surface area (Å²) in [5.41, 5.74) is 2.51. The molecule has 30 heavy (non-hydrogen) atoms. The van der Waals surface area contributed by atoms with Crippen molar-refractivity contribution in [2.75, 3.05) is 16.8 Å². The number of anilines is 3. The second kappa shape index (κ2) is 8.01. The molecular weight excluding hydrogens is 495 g/mol. The molecule has 1 aliphatic rings. The molecule has 10 heteroatoms. The van der Waals surface area contributed by atoms with Crippen molar-refractivity contribution in [2.45, 2.75) is 25.8 Å². The highest BCUT2D eigenvalue weighted by molar-refractivity contribution is 14.1. The molecule has 0 amide bonds. The fraction of sp³-hybridized carbons (Fsp3) is 0.250. The second-order valence-electron chi connectivity index (χ2n) is 7.12. The van der Waals surface area contributed by atoms with Gasteiger partial charge in [-0.15, -0.1) is 0 Å². The molecule has 1 atom stereocenters. The Labute approximate surface area is 186 Å². The van der Waals surface area contributed by atoms with Gasteiger partial charge in [-0.1, -0.05) is 11.2 Å². The molecule has 4 aromatic rings. The van der Waals surface area contributed by atoms with Crippen molar-refractivity contribution in [3.63, 3.8) is 0 Å². The van der Waals surface area contributed by atoms with Gasteiger partial charge in [-0.3, -0.25) is 10.1 Å². The van der Waals surface area contributed by atoms with Crippen molar-refractivity contribution in [3.8, 4) is 11.4 Å².